The van der Waals surface area contributed by atoms with E-state index in [1.807, 2.05) is 0 Å². The maximum atomic E-state index is 2.89. The molecule has 0 aliphatic heterocycles. The van der Waals surface area contributed by atoms with Gasteiger partial charge in [0, 0.05) is 22.5 Å². The van der Waals surface area contributed by atoms with Crippen molar-refractivity contribution in [2.45, 2.75) is 84.4 Å². The van der Waals surface area contributed by atoms with E-state index in [1.165, 1.54) is 90.4 Å². The number of rotatable bonds is 13. The first-order chi connectivity index (χ1) is 17.3. The summed E-state index contributed by atoms with van der Waals surface area (Å²) in [5.74, 6) is 0. The maximum Gasteiger partial charge on any atom is 0.255 e. The summed E-state index contributed by atoms with van der Waals surface area (Å²) < 4.78 is 0. The predicted molar refractivity (Wildman–Crippen MR) is 158 cm³/mol. The number of fused-ring (bicyclic) bond motifs is 2. The third-order valence-electron chi connectivity index (χ3n) is 7.53. The normalized spacial score (nSPS) is 12.2. The van der Waals surface area contributed by atoms with E-state index in [1.54, 1.807) is 0 Å². The Labute approximate surface area is 213 Å². The Bertz CT molecular complexity index is 1120. The van der Waals surface area contributed by atoms with Crippen LogP contribution >= 0.6 is 0 Å². The monoisotopic (exact) mass is 463 g/mol. The molecule has 0 N–H and O–H groups in total. The van der Waals surface area contributed by atoms with Gasteiger partial charge in [-0.2, -0.15) is 0 Å². The van der Waals surface area contributed by atoms with E-state index in [9.17, 15) is 0 Å². The zero-order chi connectivity index (χ0) is 24.5. The highest BCUT2D eigenvalue weighted by molar-refractivity contribution is 6.64. The Kier molecular flexibility index (Phi) is 9.29. The minimum atomic E-state index is 0.379. The SMILES string of the molecule is CCCCB(CCCC)N(c1c2ccccc2cc2ccccc12)C(CCCC)c1ccccc1. The summed E-state index contributed by atoms with van der Waals surface area (Å²) in [5.41, 5.74) is 2.90. The maximum absolute atomic E-state index is 2.89. The molecule has 4 aromatic rings. The van der Waals surface area contributed by atoms with Crippen LogP contribution in [0.3, 0.4) is 0 Å². The fraction of sp³-hybridized carbons (Fsp3) is 0.394. The van der Waals surface area contributed by atoms with Gasteiger partial charge in [-0.05, 0) is 28.8 Å². The molecule has 1 nitrogen and oxygen atoms in total. The summed E-state index contributed by atoms with van der Waals surface area (Å²) in [7, 11) is 0. The van der Waals surface area contributed by atoms with E-state index in [-0.39, 0.29) is 0 Å². The lowest BCUT2D eigenvalue weighted by Crippen LogP contribution is -2.42. The minimum absolute atomic E-state index is 0.379. The van der Waals surface area contributed by atoms with Crippen LogP contribution in [0.25, 0.3) is 21.5 Å². The molecule has 0 heterocycles. The van der Waals surface area contributed by atoms with E-state index in [0.717, 1.165) is 0 Å². The molecule has 0 saturated heterocycles. The second-order valence-corrected chi connectivity index (χ2v) is 10.1. The van der Waals surface area contributed by atoms with Crippen molar-refractivity contribution in [3.05, 3.63) is 90.5 Å². The Morgan fingerprint density at radius 2 is 1.14 bits per heavy atom. The van der Waals surface area contributed by atoms with Crippen molar-refractivity contribution in [2.24, 2.45) is 0 Å². The van der Waals surface area contributed by atoms with Crippen molar-refractivity contribution < 1.29 is 0 Å². The van der Waals surface area contributed by atoms with Crippen LogP contribution < -0.4 is 4.81 Å². The van der Waals surface area contributed by atoms with Crippen molar-refractivity contribution in [2.75, 3.05) is 4.81 Å². The van der Waals surface area contributed by atoms with E-state index in [2.05, 4.69) is 111 Å². The highest BCUT2D eigenvalue weighted by Gasteiger charge is 2.32. The van der Waals surface area contributed by atoms with Gasteiger partial charge in [-0.3, -0.25) is 0 Å². The van der Waals surface area contributed by atoms with Crippen LogP contribution in [0.4, 0.5) is 5.69 Å². The molecule has 1 unspecified atom stereocenters. The molecule has 0 saturated carbocycles. The Hall–Kier alpha value is -2.74. The van der Waals surface area contributed by atoms with Gasteiger partial charge in [0.15, 0.2) is 0 Å². The Morgan fingerprint density at radius 3 is 1.69 bits per heavy atom. The quantitative estimate of drug-likeness (QED) is 0.141. The topological polar surface area (TPSA) is 3.24 Å². The fourth-order valence-corrected chi connectivity index (χ4v) is 5.70. The van der Waals surface area contributed by atoms with Crippen LogP contribution in [-0.2, 0) is 0 Å². The summed E-state index contributed by atoms with van der Waals surface area (Å²) in [5, 5.41) is 5.47. The lowest BCUT2D eigenvalue weighted by molar-refractivity contribution is 0.598. The molecular weight excluding hydrogens is 421 g/mol. The summed E-state index contributed by atoms with van der Waals surface area (Å²) in [6.45, 7) is 7.53. The molecule has 0 aliphatic rings. The lowest BCUT2D eigenvalue weighted by Gasteiger charge is -2.41. The van der Waals surface area contributed by atoms with Gasteiger partial charge < -0.3 is 4.81 Å². The zero-order valence-electron chi connectivity index (χ0n) is 22.0. The van der Waals surface area contributed by atoms with Crippen LogP contribution in [0, 0.1) is 0 Å². The summed E-state index contributed by atoms with van der Waals surface area (Å²) >= 11 is 0. The number of hydrogen-bond acceptors (Lipinski definition) is 1. The van der Waals surface area contributed by atoms with Crippen molar-refractivity contribution in [1.82, 2.24) is 0 Å². The van der Waals surface area contributed by atoms with Gasteiger partial charge in [-0.1, -0.05) is 151 Å². The van der Waals surface area contributed by atoms with Gasteiger partial charge in [0.05, 0.1) is 0 Å². The lowest BCUT2D eigenvalue weighted by atomic mass is 9.51. The first kappa shape index (κ1) is 25.4. The van der Waals surface area contributed by atoms with Crippen molar-refractivity contribution in [1.29, 1.82) is 0 Å². The van der Waals surface area contributed by atoms with Crippen LogP contribution in [0.2, 0.25) is 12.6 Å². The molecule has 0 radical (unpaired) electrons. The molecule has 0 spiro atoms. The van der Waals surface area contributed by atoms with E-state index in [0.29, 0.717) is 12.9 Å². The summed E-state index contributed by atoms with van der Waals surface area (Å²) in [4.78, 5) is 2.89. The van der Waals surface area contributed by atoms with Crippen LogP contribution in [-0.4, -0.2) is 6.85 Å². The van der Waals surface area contributed by atoms with Crippen molar-refractivity contribution in [3.8, 4) is 0 Å². The van der Waals surface area contributed by atoms with Gasteiger partial charge in [-0.25, -0.2) is 0 Å². The minimum Gasteiger partial charge on any atom is -0.407 e. The highest BCUT2D eigenvalue weighted by atomic mass is 15.1. The molecule has 0 aliphatic carbocycles. The molecule has 0 amide bonds. The molecule has 1 atom stereocenters. The molecule has 182 valence electrons. The van der Waals surface area contributed by atoms with E-state index >= 15 is 0 Å². The predicted octanol–water partition coefficient (Wildman–Crippen LogP) is 10.3. The average Bonchev–Trinajstić information content (AvgIpc) is 2.91. The molecule has 4 rings (SSSR count). The largest absolute Gasteiger partial charge is 0.407 e. The van der Waals surface area contributed by atoms with Gasteiger partial charge in [-0.15, -0.1) is 0 Å². The summed E-state index contributed by atoms with van der Waals surface area (Å²) in [6, 6.07) is 32.2. The number of benzene rings is 4. The molecular formula is C33H42BN. The zero-order valence-corrected chi connectivity index (χ0v) is 22.0. The smallest absolute Gasteiger partial charge is 0.255 e. The van der Waals surface area contributed by atoms with Crippen molar-refractivity contribution >= 4 is 34.1 Å². The second-order valence-electron chi connectivity index (χ2n) is 10.1. The first-order valence-electron chi connectivity index (χ1n) is 14.0. The molecule has 0 fully saturated rings. The van der Waals surface area contributed by atoms with Crippen LogP contribution in [0.15, 0.2) is 84.9 Å². The third kappa shape index (κ3) is 5.92. The third-order valence-corrected chi connectivity index (χ3v) is 7.53. The standard InChI is InChI=1S/C33H42BN/c1-4-7-23-32(27-17-11-10-12-18-27)35(34(24-8-5-2)25-9-6-3)33-30-21-15-13-19-28(30)26-29-20-14-16-22-31(29)33/h10-22,26,32H,4-9,23-25H2,1-3H3. The number of nitrogens with zero attached hydrogens (tertiary/aromatic N) is 1. The molecule has 35 heavy (non-hydrogen) atoms. The molecule has 0 aromatic heterocycles. The molecule has 2 heteroatoms. The van der Waals surface area contributed by atoms with Gasteiger partial charge in [0.2, 0.25) is 0 Å². The van der Waals surface area contributed by atoms with Crippen LogP contribution in [0.1, 0.15) is 77.3 Å². The van der Waals surface area contributed by atoms with E-state index in [4.69, 9.17) is 0 Å². The second kappa shape index (κ2) is 12.8. The summed E-state index contributed by atoms with van der Waals surface area (Å²) in [6.07, 6.45) is 11.2. The first-order valence-corrected chi connectivity index (χ1v) is 14.0. The number of unbranched alkanes of at least 4 members (excludes halogenated alkanes) is 3. The molecule has 4 aromatic carbocycles. The highest BCUT2D eigenvalue weighted by Crippen LogP contribution is 2.43. The van der Waals surface area contributed by atoms with E-state index < -0.39 is 0 Å². The van der Waals surface area contributed by atoms with Gasteiger partial charge >= 0.3 is 0 Å². The average molecular weight is 464 g/mol. The number of hydrogen-bond donors (Lipinski definition) is 0. The van der Waals surface area contributed by atoms with Crippen molar-refractivity contribution in [3.63, 3.8) is 0 Å². The van der Waals surface area contributed by atoms with Gasteiger partial charge in [0.1, 0.15) is 0 Å². The number of anilines is 1. The Morgan fingerprint density at radius 1 is 0.629 bits per heavy atom. The van der Waals surface area contributed by atoms with Gasteiger partial charge in [0.25, 0.3) is 6.85 Å². The van der Waals surface area contributed by atoms with Crippen LogP contribution in [0.5, 0.6) is 0 Å². The molecule has 0 bridgehead atoms. The Balaban J connectivity index is 2.00. The fourth-order valence-electron chi connectivity index (χ4n) is 5.70.